The summed E-state index contributed by atoms with van der Waals surface area (Å²) in [7, 11) is 3.06. The minimum atomic E-state index is -2.01. The van der Waals surface area contributed by atoms with E-state index >= 15 is 4.79 Å². The van der Waals surface area contributed by atoms with Crippen LogP contribution in [0.15, 0.2) is 23.5 Å². The van der Waals surface area contributed by atoms with E-state index in [1.807, 2.05) is 6.08 Å². The van der Waals surface area contributed by atoms with Gasteiger partial charge < -0.3 is 40.3 Å². The van der Waals surface area contributed by atoms with Crippen LogP contribution in [0, 0.1) is 35.0 Å². The number of carbonyl (C=O) groups is 2. The molecule has 0 amide bonds. The van der Waals surface area contributed by atoms with Crippen molar-refractivity contribution in [3.05, 3.63) is 23.5 Å². The Hall–Kier alpha value is -1.00. The first-order valence-corrected chi connectivity index (χ1v) is 20.6. The van der Waals surface area contributed by atoms with Gasteiger partial charge in [-0.25, -0.2) is 0 Å². The second kappa shape index (κ2) is 14.6. The highest BCUT2D eigenvalue weighted by molar-refractivity contribution is 8.76. The molecule has 268 valence electrons. The van der Waals surface area contributed by atoms with Gasteiger partial charge in [-0.3, -0.25) is 14.9 Å². The fourth-order valence-corrected chi connectivity index (χ4v) is 12.2. The standard InChI is InChI=1S/C35H52N2O9S2/c38-16-25-30(41)35(44)11-9-19-10-12-36-27(13-19)37-18-48-47-17-34-23(14-21(15-26(34)39)20-5-2-1-3-6-20)29(40)22-7-4-8-24(28(22)31(34)42)45-33(46-25)32(35)43/h14-15,19-20,22-25,27-28,30,32-33,36-39,41,43-44H,1-13,16-18H2. The maximum Gasteiger partial charge on any atom is 0.187 e. The van der Waals surface area contributed by atoms with Crippen LogP contribution >= 0.6 is 21.6 Å². The number of allylic oxidation sites excluding steroid dienone is 4. The van der Waals surface area contributed by atoms with Crippen LogP contribution in [0.1, 0.15) is 77.0 Å². The lowest BCUT2D eigenvalue weighted by atomic mass is 9.52. The van der Waals surface area contributed by atoms with E-state index < -0.39 is 66.1 Å². The van der Waals surface area contributed by atoms with Crippen molar-refractivity contribution in [1.29, 1.82) is 0 Å². The van der Waals surface area contributed by atoms with Crippen molar-refractivity contribution in [3.8, 4) is 0 Å². The quantitative estimate of drug-likeness (QED) is 0.209. The van der Waals surface area contributed by atoms with Crippen LogP contribution in [0.3, 0.4) is 0 Å². The molecule has 12 atom stereocenters. The predicted octanol–water partition coefficient (Wildman–Crippen LogP) is 2.72. The number of piperidine rings is 1. The van der Waals surface area contributed by atoms with Gasteiger partial charge in [-0.15, -0.1) is 0 Å². The smallest absolute Gasteiger partial charge is 0.187 e. The lowest BCUT2D eigenvalue weighted by Gasteiger charge is -2.53. The van der Waals surface area contributed by atoms with Gasteiger partial charge in [0.15, 0.2) is 12.1 Å². The molecule has 7 N–H and O–H groups in total. The maximum atomic E-state index is 15.0. The molecule has 7 aliphatic rings. The highest BCUT2D eigenvalue weighted by atomic mass is 33.1. The molecule has 3 saturated carbocycles. The fraction of sp³-hybridized carbons (Fsp3) is 0.829. The molecule has 3 heterocycles. The third kappa shape index (κ3) is 6.26. The van der Waals surface area contributed by atoms with Crippen molar-refractivity contribution in [2.45, 2.75) is 120 Å². The summed E-state index contributed by atoms with van der Waals surface area (Å²) >= 11 is 0. The number of hydrogen-bond acceptors (Lipinski definition) is 13. The lowest BCUT2D eigenvalue weighted by Crippen LogP contribution is -2.68. The molecule has 0 aromatic heterocycles. The average molecular weight is 709 g/mol. The molecule has 0 aromatic rings. The summed E-state index contributed by atoms with van der Waals surface area (Å²) in [5.74, 6) is -1.28. The Morgan fingerprint density at radius 2 is 1.75 bits per heavy atom. The minimum Gasteiger partial charge on any atom is -0.511 e. The number of ether oxygens (including phenoxy) is 2. The Morgan fingerprint density at radius 1 is 0.938 bits per heavy atom. The van der Waals surface area contributed by atoms with Crippen molar-refractivity contribution < 1.29 is 44.6 Å². The highest BCUT2D eigenvalue weighted by Crippen LogP contribution is 2.56. The second-order valence-corrected chi connectivity index (χ2v) is 17.7. The number of nitrogens with one attached hydrogen (secondary N) is 2. The molecule has 4 aliphatic carbocycles. The van der Waals surface area contributed by atoms with Crippen molar-refractivity contribution in [2.24, 2.45) is 35.0 Å². The average Bonchev–Trinajstić information content (AvgIpc) is 3.10. The van der Waals surface area contributed by atoms with Gasteiger partial charge in [-0.2, -0.15) is 0 Å². The van der Waals surface area contributed by atoms with E-state index in [-0.39, 0.29) is 47.5 Å². The number of aliphatic hydroxyl groups is 5. The molecule has 1 spiro atoms. The summed E-state index contributed by atoms with van der Waals surface area (Å²) in [6.07, 6.45) is 6.38. The second-order valence-electron chi connectivity index (χ2n) is 15.3. The van der Waals surface area contributed by atoms with Gasteiger partial charge >= 0.3 is 0 Å². The van der Waals surface area contributed by atoms with Crippen LogP contribution in [0.25, 0.3) is 0 Å². The van der Waals surface area contributed by atoms with Gasteiger partial charge in [-0.05, 0) is 81.4 Å². The number of rotatable bonds is 2. The Morgan fingerprint density at radius 3 is 2.54 bits per heavy atom. The summed E-state index contributed by atoms with van der Waals surface area (Å²) in [5.41, 5.74) is -2.49. The van der Waals surface area contributed by atoms with Crippen LogP contribution in [-0.2, 0) is 19.1 Å². The number of Topliss-reactive ketones (excluding diaryl/α,β-unsaturated/α-hetero) is 2. The fourth-order valence-electron chi connectivity index (χ4n) is 9.80. The first kappa shape index (κ1) is 35.4. The number of carbonyl (C=O) groups excluding carboxylic acids is 2. The van der Waals surface area contributed by atoms with E-state index in [1.165, 1.54) is 17.2 Å². The molecule has 13 heteroatoms. The minimum absolute atomic E-state index is 0.0210. The number of aliphatic hydroxyl groups excluding tert-OH is 4. The van der Waals surface area contributed by atoms with Gasteiger partial charge in [0.1, 0.15) is 40.9 Å². The zero-order valence-electron chi connectivity index (χ0n) is 27.5. The van der Waals surface area contributed by atoms with E-state index in [9.17, 15) is 30.3 Å². The zero-order chi connectivity index (χ0) is 33.6. The lowest BCUT2D eigenvalue weighted by molar-refractivity contribution is -0.346. The van der Waals surface area contributed by atoms with Crippen LogP contribution < -0.4 is 10.6 Å². The van der Waals surface area contributed by atoms with Gasteiger partial charge in [0, 0.05) is 11.7 Å². The SMILES string of the molecule is O=C1C2CCCC3OC4OC(CO)C(O)C(O)(CCC5CCNC(C5)NCSSCC5(C(=O)C32)C(O)=CC(C2CCCCC2)=CC15)C4O. The predicted molar refractivity (Wildman–Crippen MR) is 182 cm³/mol. The van der Waals surface area contributed by atoms with Gasteiger partial charge in [0.05, 0.1) is 36.6 Å². The summed E-state index contributed by atoms with van der Waals surface area (Å²) < 4.78 is 12.3. The van der Waals surface area contributed by atoms with Gasteiger partial charge in [0.2, 0.25) is 0 Å². The van der Waals surface area contributed by atoms with Crippen molar-refractivity contribution in [3.63, 3.8) is 0 Å². The van der Waals surface area contributed by atoms with Crippen molar-refractivity contribution >= 4 is 33.2 Å². The van der Waals surface area contributed by atoms with E-state index in [4.69, 9.17) is 9.47 Å². The normalized spacial score (nSPS) is 46.4. The molecule has 6 fully saturated rings. The molecular formula is C35H52N2O9S2. The molecule has 48 heavy (non-hydrogen) atoms. The van der Waals surface area contributed by atoms with Crippen molar-refractivity contribution in [2.75, 3.05) is 24.8 Å². The topological polar surface area (TPSA) is 178 Å². The maximum absolute atomic E-state index is 15.0. The van der Waals surface area contributed by atoms with Gasteiger partial charge in [-0.1, -0.05) is 53.3 Å². The largest absolute Gasteiger partial charge is 0.511 e. The number of fused-ring (bicyclic) bond motifs is 4. The summed E-state index contributed by atoms with van der Waals surface area (Å²) in [4.78, 5) is 29.6. The Bertz CT molecular complexity index is 1280. The Balaban J connectivity index is 1.25. The van der Waals surface area contributed by atoms with E-state index in [0.29, 0.717) is 31.6 Å². The number of ketones is 2. The Kier molecular flexibility index (Phi) is 10.7. The van der Waals surface area contributed by atoms with E-state index in [1.54, 1.807) is 16.9 Å². The molecule has 7 rings (SSSR count). The van der Waals surface area contributed by atoms with Crippen LogP contribution in [0.4, 0.5) is 0 Å². The zero-order valence-corrected chi connectivity index (χ0v) is 29.1. The van der Waals surface area contributed by atoms with Crippen molar-refractivity contribution in [1.82, 2.24) is 10.6 Å². The molecule has 0 aromatic carbocycles. The Labute approximate surface area is 290 Å². The van der Waals surface area contributed by atoms with Crippen LogP contribution in [0.2, 0.25) is 0 Å². The summed E-state index contributed by atoms with van der Waals surface area (Å²) in [6, 6.07) is 0. The third-order valence-electron chi connectivity index (χ3n) is 12.6. The monoisotopic (exact) mass is 708 g/mol. The van der Waals surface area contributed by atoms with E-state index in [0.717, 1.165) is 50.6 Å². The molecule has 6 bridgehead atoms. The first-order chi connectivity index (χ1) is 23.2. The molecule has 3 aliphatic heterocycles. The number of hydrogen-bond donors (Lipinski definition) is 7. The van der Waals surface area contributed by atoms with Crippen LogP contribution in [-0.4, -0.2) is 104 Å². The molecule has 0 radical (unpaired) electrons. The molecule has 11 nitrogen and oxygen atoms in total. The molecule has 3 saturated heterocycles. The van der Waals surface area contributed by atoms with Gasteiger partial charge in [0.25, 0.3) is 0 Å². The van der Waals surface area contributed by atoms with E-state index in [2.05, 4.69) is 10.6 Å². The van der Waals surface area contributed by atoms with Crippen LogP contribution in [0.5, 0.6) is 0 Å². The highest BCUT2D eigenvalue weighted by Gasteiger charge is 2.64. The summed E-state index contributed by atoms with van der Waals surface area (Å²) in [5, 5.41) is 63.7. The third-order valence-corrected chi connectivity index (χ3v) is 14.9. The summed E-state index contributed by atoms with van der Waals surface area (Å²) in [6.45, 7) is 0.176. The molecule has 12 unspecified atom stereocenters. The first-order valence-electron chi connectivity index (χ1n) is 18.1. The molecular weight excluding hydrogens is 657 g/mol.